The standard InChI is InChI=1S/C16H20ClN3O2/c17-15-5-2-1-4-14(15)16(21)12-19-8-9-22-13(10-19)11-20-7-3-6-18-20/h1-7,13,16,21H,8-12H2/t13-,16-/m1/s1. The molecule has 0 aliphatic carbocycles. The van der Waals surface area contributed by atoms with E-state index < -0.39 is 6.10 Å². The molecule has 1 fully saturated rings. The molecule has 2 heterocycles. The van der Waals surface area contributed by atoms with Gasteiger partial charge in [0.2, 0.25) is 0 Å². The van der Waals surface area contributed by atoms with Crippen LogP contribution in [0.25, 0.3) is 0 Å². The molecule has 0 bridgehead atoms. The lowest BCUT2D eigenvalue weighted by atomic mass is 10.1. The van der Waals surface area contributed by atoms with Gasteiger partial charge in [-0.15, -0.1) is 0 Å². The van der Waals surface area contributed by atoms with E-state index in [9.17, 15) is 5.11 Å². The zero-order valence-corrected chi connectivity index (χ0v) is 13.1. The van der Waals surface area contributed by atoms with E-state index in [1.54, 1.807) is 12.3 Å². The first-order chi connectivity index (χ1) is 10.7. The predicted octanol–water partition coefficient (Wildman–Crippen LogP) is 1.97. The summed E-state index contributed by atoms with van der Waals surface area (Å²) in [6.45, 7) is 3.55. The fourth-order valence-corrected chi connectivity index (χ4v) is 3.02. The van der Waals surface area contributed by atoms with Crippen molar-refractivity contribution in [2.24, 2.45) is 0 Å². The van der Waals surface area contributed by atoms with Gasteiger partial charge in [-0.25, -0.2) is 0 Å². The lowest BCUT2D eigenvalue weighted by Crippen LogP contribution is -2.45. The van der Waals surface area contributed by atoms with Gasteiger partial charge in [0.1, 0.15) is 0 Å². The Hall–Kier alpha value is -1.40. The number of aromatic nitrogens is 2. The van der Waals surface area contributed by atoms with Gasteiger partial charge < -0.3 is 9.84 Å². The van der Waals surface area contributed by atoms with Crippen molar-refractivity contribution >= 4 is 11.6 Å². The summed E-state index contributed by atoms with van der Waals surface area (Å²) < 4.78 is 7.66. The van der Waals surface area contributed by atoms with Gasteiger partial charge in [0, 0.05) is 42.6 Å². The largest absolute Gasteiger partial charge is 0.387 e. The molecule has 1 aromatic carbocycles. The molecule has 3 rings (SSSR count). The summed E-state index contributed by atoms with van der Waals surface area (Å²) in [5.74, 6) is 0. The normalized spacial score (nSPS) is 20.9. The average Bonchev–Trinajstić information content (AvgIpc) is 3.01. The van der Waals surface area contributed by atoms with E-state index in [0.29, 0.717) is 18.2 Å². The predicted molar refractivity (Wildman–Crippen MR) is 84.8 cm³/mol. The second-order valence-electron chi connectivity index (χ2n) is 5.52. The van der Waals surface area contributed by atoms with Gasteiger partial charge in [0.05, 0.1) is 25.4 Å². The smallest absolute Gasteiger partial charge is 0.0931 e. The van der Waals surface area contributed by atoms with Crippen molar-refractivity contribution < 1.29 is 9.84 Å². The summed E-state index contributed by atoms with van der Waals surface area (Å²) in [4.78, 5) is 2.21. The minimum atomic E-state index is -0.586. The van der Waals surface area contributed by atoms with Crippen molar-refractivity contribution in [3.05, 3.63) is 53.3 Å². The molecule has 22 heavy (non-hydrogen) atoms. The molecule has 1 aliphatic heterocycles. The monoisotopic (exact) mass is 321 g/mol. The Labute approximate surface area is 135 Å². The molecule has 2 aromatic rings. The molecule has 1 aliphatic rings. The number of hydrogen-bond acceptors (Lipinski definition) is 4. The van der Waals surface area contributed by atoms with Crippen LogP contribution in [0.4, 0.5) is 0 Å². The zero-order chi connectivity index (χ0) is 15.4. The lowest BCUT2D eigenvalue weighted by molar-refractivity contribution is -0.0486. The highest BCUT2D eigenvalue weighted by atomic mass is 35.5. The molecule has 2 atom stereocenters. The molecule has 0 amide bonds. The van der Waals surface area contributed by atoms with Crippen LogP contribution in [0.1, 0.15) is 11.7 Å². The highest BCUT2D eigenvalue weighted by Crippen LogP contribution is 2.23. The molecule has 0 spiro atoms. The Morgan fingerprint density at radius 2 is 2.23 bits per heavy atom. The molecule has 118 valence electrons. The highest BCUT2D eigenvalue weighted by molar-refractivity contribution is 6.31. The van der Waals surface area contributed by atoms with Crippen LogP contribution >= 0.6 is 11.6 Å². The number of rotatable bonds is 5. The number of ether oxygens (including phenoxy) is 1. The minimum Gasteiger partial charge on any atom is -0.387 e. The lowest BCUT2D eigenvalue weighted by Gasteiger charge is -2.34. The molecule has 1 N–H and O–H groups in total. The van der Waals surface area contributed by atoms with Crippen molar-refractivity contribution in [2.45, 2.75) is 18.8 Å². The van der Waals surface area contributed by atoms with Crippen molar-refractivity contribution in [1.82, 2.24) is 14.7 Å². The van der Waals surface area contributed by atoms with Gasteiger partial charge in [-0.3, -0.25) is 9.58 Å². The molecule has 5 nitrogen and oxygen atoms in total. The van der Waals surface area contributed by atoms with Gasteiger partial charge in [-0.2, -0.15) is 5.10 Å². The number of β-amino-alcohol motifs (C(OH)–C–C–N with tert-alkyl or cyclic N) is 1. The first-order valence-electron chi connectivity index (χ1n) is 7.46. The fraction of sp³-hybridized carbons (Fsp3) is 0.438. The number of hydrogen-bond donors (Lipinski definition) is 1. The van der Waals surface area contributed by atoms with E-state index in [4.69, 9.17) is 16.3 Å². The molecule has 1 aromatic heterocycles. The number of morpholine rings is 1. The van der Waals surface area contributed by atoms with E-state index in [1.807, 2.05) is 35.1 Å². The van der Waals surface area contributed by atoms with Crippen LogP contribution in [0.2, 0.25) is 5.02 Å². The van der Waals surface area contributed by atoms with E-state index >= 15 is 0 Å². The Morgan fingerprint density at radius 1 is 1.36 bits per heavy atom. The van der Waals surface area contributed by atoms with Crippen LogP contribution < -0.4 is 0 Å². The number of aliphatic hydroxyl groups is 1. The Kier molecular flexibility index (Phi) is 5.10. The summed E-state index contributed by atoms with van der Waals surface area (Å²) in [6.07, 6.45) is 3.20. The van der Waals surface area contributed by atoms with E-state index in [0.717, 1.165) is 25.2 Å². The third-order valence-electron chi connectivity index (χ3n) is 3.87. The van der Waals surface area contributed by atoms with Crippen LogP contribution in [0.15, 0.2) is 42.7 Å². The van der Waals surface area contributed by atoms with Crippen LogP contribution in [-0.4, -0.2) is 52.1 Å². The summed E-state index contributed by atoms with van der Waals surface area (Å²) in [6, 6.07) is 9.34. The first kappa shape index (κ1) is 15.5. The summed E-state index contributed by atoms with van der Waals surface area (Å²) in [5, 5.41) is 15.2. The summed E-state index contributed by atoms with van der Waals surface area (Å²) in [5.41, 5.74) is 0.777. The fourth-order valence-electron chi connectivity index (χ4n) is 2.76. The van der Waals surface area contributed by atoms with Crippen molar-refractivity contribution in [2.75, 3.05) is 26.2 Å². The maximum absolute atomic E-state index is 10.4. The molecule has 6 heteroatoms. The van der Waals surface area contributed by atoms with Crippen molar-refractivity contribution in [3.8, 4) is 0 Å². The molecule has 0 unspecified atom stereocenters. The molecule has 0 radical (unpaired) electrons. The molecule has 1 saturated heterocycles. The van der Waals surface area contributed by atoms with Crippen LogP contribution in [0.5, 0.6) is 0 Å². The second kappa shape index (κ2) is 7.24. The number of halogens is 1. The SMILES string of the molecule is O[C@H](CN1CCO[C@@H](Cn2cccn2)C1)c1ccccc1Cl. The number of nitrogens with zero attached hydrogens (tertiary/aromatic N) is 3. The molecule has 0 saturated carbocycles. The summed E-state index contributed by atoms with van der Waals surface area (Å²) in [7, 11) is 0. The van der Waals surface area contributed by atoms with E-state index in [2.05, 4.69) is 10.00 Å². The zero-order valence-electron chi connectivity index (χ0n) is 12.3. The third kappa shape index (κ3) is 3.87. The topological polar surface area (TPSA) is 50.5 Å². The van der Waals surface area contributed by atoms with Gasteiger partial charge >= 0.3 is 0 Å². The summed E-state index contributed by atoms with van der Waals surface area (Å²) >= 11 is 6.15. The Bertz CT molecular complexity index is 591. The quantitative estimate of drug-likeness (QED) is 0.915. The molecular formula is C16H20ClN3O2. The minimum absolute atomic E-state index is 0.0899. The number of aliphatic hydroxyl groups excluding tert-OH is 1. The average molecular weight is 322 g/mol. The maximum Gasteiger partial charge on any atom is 0.0931 e. The maximum atomic E-state index is 10.4. The van der Waals surface area contributed by atoms with E-state index in [-0.39, 0.29) is 6.10 Å². The first-order valence-corrected chi connectivity index (χ1v) is 7.84. The van der Waals surface area contributed by atoms with Crippen LogP contribution in [-0.2, 0) is 11.3 Å². The van der Waals surface area contributed by atoms with Crippen molar-refractivity contribution in [3.63, 3.8) is 0 Å². The highest BCUT2D eigenvalue weighted by Gasteiger charge is 2.23. The number of benzene rings is 1. The molecular weight excluding hydrogens is 302 g/mol. The third-order valence-corrected chi connectivity index (χ3v) is 4.21. The van der Waals surface area contributed by atoms with Gasteiger partial charge in [0.25, 0.3) is 0 Å². The van der Waals surface area contributed by atoms with Gasteiger partial charge in [-0.05, 0) is 12.1 Å². The Balaban J connectivity index is 1.57. The van der Waals surface area contributed by atoms with Crippen LogP contribution in [0.3, 0.4) is 0 Å². The van der Waals surface area contributed by atoms with Gasteiger partial charge in [-0.1, -0.05) is 29.8 Å². The van der Waals surface area contributed by atoms with Crippen LogP contribution in [0, 0.1) is 0 Å². The van der Waals surface area contributed by atoms with E-state index in [1.165, 1.54) is 0 Å². The van der Waals surface area contributed by atoms with Gasteiger partial charge in [0.15, 0.2) is 0 Å². The van der Waals surface area contributed by atoms with Crippen molar-refractivity contribution in [1.29, 1.82) is 0 Å². The Morgan fingerprint density at radius 3 is 3.00 bits per heavy atom. The second-order valence-corrected chi connectivity index (χ2v) is 5.92.